The molecular weight excluding hydrogens is 817 g/mol. The van der Waals surface area contributed by atoms with E-state index in [1.807, 2.05) is 0 Å². The minimum absolute atomic E-state index is 0.696. The summed E-state index contributed by atoms with van der Waals surface area (Å²) in [5, 5.41) is 3.48. The van der Waals surface area contributed by atoms with E-state index in [1.165, 1.54) is 27.5 Å². The van der Waals surface area contributed by atoms with Crippen molar-refractivity contribution >= 4 is 62.2 Å². The summed E-state index contributed by atoms with van der Waals surface area (Å²) in [6.45, 7) is 4.34. The maximum Gasteiger partial charge on any atom is 0.160 e. The van der Waals surface area contributed by atoms with Crippen LogP contribution in [0.1, 0.15) is 60.4 Å². The Morgan fingerprint density at radius 2 is 1.42 bits per heavy atom. The first kappa shape index (κ1) is 40.2. The predicted molar refractivity (Wildman–Crippen MR) is 280 cm³/mol. The zero-order valence-electron chi connectivity index (χ0n) is 37.7. The number of para-hydroxylation sites is 1. The number of allylic oxidation sites excluding steroid dienone is 11. The summed E-state index contributed by atoms with van der Waals surface area (Å²) in [7, 11) is 0. The molecule has 1 aliphatic heterocycles. The highest BCUT2D eigenvalue weighted by Gasteiger charge is 2.30. The topological polar surface area (TPSA) is 43.2 Å². The first-order chi connectivity index (χ1) is 33.1. The van der Waals surface area contributed by atoms with Crippen molar-refractivity contribution in [3.63, 3.8) is 0 Å². The summed E-state index contributed by atoms with van der Waals surface area (Å²) in [5.74, 6) is 2.37. The van der Waals surface area contributed by atoms with Crippen LogP contribution in [0, 0.1) is 6.92 Å². The van der Waals surface area contributed by atoms with E-state index in [4.69, 9.17) is 14.7 Å². The highest BCUT2D eigenvalue weighted by molar-refractivity contribution is 6.14. The van der Waals surface area contributed by atoms with Gasteiger partial charge in [-0.25, -0.2) is 9.97 Å². The van der Waals surface area contributed by atoms with Crippen LogP contribution in [0.5, 0.6) is 0 Å². The monoisotopic (exact) mass is 864 g/mol. The lowest BCUT2D eigenvalue weighted by molar-refractivity contribution is 0.313. The number of ether oxygens (including phenoxy) is 1. The molecule has 12 rings (SSSR count). The van der Waals surface area contributed by atoms with Gasteiger partial charge in [-0.2, -0.15) is 0 Å². The van der Waals surface area contributed by atoms with Gasteiger partial charge >= 0.3 is 0 Å². The Labute approximate surface area is 391 Å². The Kier molecular flexibility index (Phi) is 10.2. The average molecular weight is 865 g/mol. The SMILES string of the molecule is CC/C=C\c1c(C)ccc2c(-c3ccccc3)nc(-c3cccc(-n4c5cc(C6=CCC=C7C(=C6)OC6=C(C=CCC=C6)N7c6ccccc6)ccc5c5c6c(ccc54)C=CCC=C6)c3)nc12. The predicted octanol–water partition coefficient (Wildman–Crippen LogP) is 16.0. The van der Waals surface area contributed by atoms with Gasteiger partial charge in [-0.15, -0.1) is 0 Å². The Hall–Kier alpha value is -8.28. The van der Waals surface area contributed by atoms with Gasteiger partial charge in [0.15, 0.2) is 17.3 Å². The van der Waals surface area contributed by atoms with Crippen molar-refractivity contribution in [1.82, 2.24) is 14.5 Å². The van der Waals surface area contributed by atoms with E-state index in [0.717, 1.165) is 115 Å². The molecule has 0 fully saturated rings. The maximum absolute atomic E-state index is 6.83. The molecule has 0 saturated heterocycles. The van der Waals surface area contributed by atoms with E-state index in [9.17, 15) is 0 Å². The molecule has 5 nitrogen and oxygen atoms in total. The molecule has 6 aromatic carbocycles. The first-order valence-electron chi connectivity index (χ1n) is 23.4. The zero-order valence-corrected chi connectivity index (χ0v) is 37.7. The summed E-state index contributed by atoms with van der Waals surface area (Å²) < 4.78 is 9.26. The average Bonchev–Trinajstić information content (AvgIpc) is 3.67. The molecule has 322 valence electrons. The highest BCUT2D eigenvalue weighted by Crippen LogP contribution is 2.43. The smallest absolute Gasteiger partial charge is 0.160 e. The molecule has 0 amide bonds. The third kappa shape index (κ3) is 7.11. The minimum atomic E-state index is 0.696. The molecule has 3 aliphatic carbocycles. The van der Waals surface area contributed by atoms with Crippen molar-refractivity contribution < 1.29 is 4.74 Å². The maximum atomic E-state index is 6.83. The number of aryl methyl sites for hydroxylation is 1. The van der Waals surface area contributed by atoms with Crippen molar-refractivity contribution in [3.8, 4) is 28.3 Å². The summed E-state index contributed by atoms with van der Waals surface area (Å²) in [6, 6.07) is 45.7. The molecule has 67 heavy (non-hydrogen) atoms. The molecule has 4 aliphatic rings. The van der Waals surface area contributed by atoms with E-state index in [1.54, 1.807) is 0 Å². The van der Waals surface area contributed by atoms with Crippen molar-refractivity contribution in [2.45, 2.75) is 39.5 Å². The fourth-order valence-corrected chi connectivity index (χ4v) is 10.0. The van der Waals surface area contributed by atoms with Crippen LogP contribution in [0.4, 0.5) is 5.69 Å². The highest BCUT2D eigenvalue weighted by atomic mass is 16.5. The Balaban J connectivity index is 1.04. The summed E-state index contributed by atoms with van der Waals surface area (Å²) in [5.41, 5.74) is 17.4. The molecule has 0 saturated carbocycles. The van der Waals surface area contributed by atoms with Gasteiger partial charge in [0.25, 0.3) is 0 Å². The van der Waals surface area contributed by atoms with Crippen molar-refractivity contribution in [1.29, 1.82) is 0 Å². The van der Waals surface area contributed by atoms with E-state index in [2.05, 4.69) is 230 Å². The van der Waals surface area contributed by atoms with Gasteiger partial charge in [0, 0.05) is 44.2 Å². The summed E-state index contributed by atoms with van der Waals surface area (Å²) in [6.07, 6.45) is 32.4. The molecule has 0 spiro atoms. The Morgan fingerprint density at radius 3 is 2.28 bits per heavy atom. The fourth-order valence-electron chi connectivity index (χ4n) is 10.0. The number of anilines is 1. The van der Waals surface area contributed by atoms with Crippen molar-refractivity contribution in [2.24, 2.45) is 0 Å². The number of hydrogen-bond donors (Lipinski definition) is 0. The van der Waals surface area contributed by atoms with Gasteiger partial charge in [-0.05, 0) is 115 Å². The van der Waals surface area contributed by atoms with E-state index in [-0.39, 0.29) is 0 Å². The standard InChI is InChI=1S/C62H48N4O/c1-3-4-27-49-41(2)32-35-52-60(43-20-10-5-11-21-43)63-62(64-61(49)52)46-23-17-26-48(38-46)66-55-37-34-42-19-9-6-14-28-50(42)59(55)51-36-33-45(39-56(51)66)44-22-18-30-54-58(40-44)67-57-31-16-8-15-29-53(57)65(54)47-24-12-7-13-25-47/h4-5,7,9-17,19-40H,3,6,8,18H2,1-2H3/b27-4-. The molecule has 0 radical (unpaired) electrons. The lowest BCUT2D eigenvalue weighted by atomic mass is 9.98. The van der Waals surface area contributed by atoms with Gasteiger partial charge in [0.2, 0.25) is 0 Å². The molecule has 0 N–H and O–H groups in total. The van der Waals surface area contributed by atoms with Crippen LogP contribution < -0.4 is 4.90 Å². The second-order valence-electron chi connectivity index (χ2n) is 17.4. The second-order valence-corrected chi connectivity index (χ2v) is 17.4. The van der Waals surface area contributed by atoms with Crippen LogP contribution in [-0.2, 0) is 4.74 Å². The first-order valence-corrected chi connectivity index (χ1v) is 23.4. The quantitative estimate of drug-likeness (QED) is 0.160. The van der Waals surface area contributed by atoms with E-state index < -0.39 is 0 Å². The lowest BCUT2D eigenvalue weighted by Gasteiger charge is -2.35. The fraction of sp³-hybridized carbons (Fsp3) is 0.0968. The molecule has 3 heterocycles. The van der Waals surface area contributed by atoms with E-state index >= 15 is 0 Å². The van der Waals surface area contributed by atoms with Crippen LogP contribution in [0.3, 0.4) is 0 Å². The number of hydrogen-bond acceptors (Lipinski definition) is 4. The van der Waals surface area contributed by atoms with Crippen LogP contribution in [0.2, 0.25) is 0 Å². The lowest BCUT2D eigenvalue weighted by Crippen LogP contribution is -2.28. The Morgan fingerprint density at radius 1 is 0.642 bits per heavy atom. The van der Waals surface area contributed by atoms with Gasteiger partial charge in [0.05, 0.1) is 33.6 Å². The summed E-state index contributed by atoms with van der Waals surface area (Å²) >= 11 is 0. The van der Waals surface area contributed by atoms with Crippen molar-refractivity contribution in [2.75, 3.05) is 4.90 Å². The zero-order chi connectivity index (χ0) is 44.8. The molecule has 0 bridgehead atoms. The third-order valence-corrected chi connectivity index (χ3v) is 13.2. The largest absolute Gasteiger partial charge is 0.453 e. The number of rotatable bonds is 7. The number of nitrogens with zero attached hydrogens (tertiary/aromatic N) is 4. The molecule has 2 aromatic heterocycles. The second kappa shape index (κ2) is 16.9. The third-order valence-electron chi connectivity index (χ3n) is 13.2. The molecule has 5 heteroatoms. The van der Waals surface area contributed by atoms with Gasteiger partial charge in [-0.1, -0.05) is 159 Å². The molecule has 0 atom stereocenters. The Bertz CT molecular complexity index is 3610. The minimum Gasteiger partial charge on any atom is -0.453 e. The van der Waals surface area contributed by atoms with Crippen LogP contribution >= 0.6 is 0 Å². The van der Waals surface area contributed by atoms with Crippen LogP contribution in [0.25, 0.3) is 84.8 Å². The van der Waals surface area contributed by atoms with Gasteiger partial charge in [0.1, 0.15) is 0 Å². The number of benzene rings is 6. The number of fused-ring (bicyclic) bond motifs is 7. The van der Waals surface area contributed by atoms with E-state index in [0.29, 0.717) is 5.82 Å². The number of aromatic nitrogens is 3. The molecule has 8 aromatic rings. The van der Waals surface area contributed by atoms with Gasteiger partial charge < -0.3 is 14.2 Å². The molecule has 0 unspecified atom stereocenters. The van der Waals surface area contributed by atoms with Crippen LogP contribution in [0.15, 0.2) is 211 Å². The van der Waals surface area contributed by atoms with Gasteiger partial charge in [-0.3, -0.25) is 0 Å². The van der Waals surface area contributed by atoms with Crippen molar-refractivity contribution in [3.05, 3.63) is 239 Å². The normalized spacial score (nSPS) is 15.5. The summed E-state index contributed by atoms with van der Waals surface area (Å²) in [4.78, 5) is 13.1. The van der Waals surface area contributed by atoms with Crippen LogP contribution in [-0.4, -0.2) is 14.5 Å². The molecular formula is C62H48N4O.